The van der Waals surface area contributed by atoms with Gasteiger partial charge in [0.1, 0.15) is 0 Å². The maximum atomic E-state index is 12.7. The number of hydrogen-bond donors (Lipinski definition) is 1. The van der Waals surface area contributed by atoms with Crippen LogP contribution in [0.3, 0.4) is 0 Å². The lowest BCUT2D eigenvalue weighted by Gasteiger charge is -2.22. The molecule has 0 fully saturated rings. The Morgan fingerprint density at radius 1 is 1.14 bits per heavy atom. The SMILES string of the molecule is CCCNC(CCC(C)C)c1ccc(C(F)(F)F)cc1C. The normalized spacial score (nSPS) is 13.7. The van der Waals surface area contributed by atoms with Gasteiger partial charge in [-0.15, -0.1) is 0 Å². The first-order valence-electron chi connectivity index (χ1n) is 7.66. The molecule has 0 aromatic heterocycles. The fourth-order valence-corrected chi connectivity index (χ4v) is 2.43. The molecule has 0 radical (unpaired) electrons. The molecule has 0 amide bonds. The molecule has 1 N–H and O–H groups in total. The van der Waals surface area contributed by atoms with E-state index in [1.807, 2.05) is 0 Å². The summed E-state index contributed by atoms with van der Waals surface area (Å²) in [6, 6.07) is 4.21. The summed E-state index contributed by atoms with van der Waals surface area (Å²) in [6.45, 7) is 9.06. The maximum Gasteiger partial charge on any atom is 0.416 e. The second-order valence-electron chi connectivity index (χ2n) is 6.05. The van der Waals surface area contributed by atoms with Gasteiger partial charge in [0.2, 0.25) is 0 Å². The molecule has 1 unspecified atom stereocenters. The quantitative estimate of drug-likeness (QED) is 0.702. The van der Waals surface area contributed by atoms with Gasteiger partial charge in [0.15, 0.2) is 0 Å². The highest BCUT2D eigenvalue weighted by molar-refractivity contribution is 5.34. The van der Waals surface area contributed by atoms with Gasteiger partial charge in [-0.05, 0) is 61.9 Å². The number of hydrogen-bond acceptors (Lipinski definition) is 1. The Morgan fingerprint density at radius 2 is 1.81 bits per heavy atom. The predicted molar refractivity (Wildman–Crippen MR) is 81.3 cm³/mol. The van der Waals surface area contributed by atoms with E-state index in [4.69, 9.17) is 0 Å². The molecule has 0 aliphatic rings. The minimum Gasteiger partial charge on any atom is -0.310 e. The van der Waals surface area contributed by atoms with E-state index in [1.165, 1.54) is 12.1 Å². The van der Waals surface area contributed by atoms with Crippen LogP contribution >= 0.6 is 0 Å². The molecule has 0 aliphatic carbocycles. The summed E-state index contributed by atoms with van der Waals surface area (Å²) in [5.74, 6) is 0.589. The van der Waals surface area contributed by atoms with Crippen molar-refractivity contribution in [2.24, 2.45) is 5.92 Å². The summed E-state index contributed by atoms with van der Waals surface area (Å²) in [7, 11) is 0. The highest BCUT2D eigenvalue weighted by Gasteiger charge is 2.31. The van der Waals surface area contributed by atoms with Crippen molar-refractivity contribution < 1.29 is 13.2 Å². The average Bonchev–Trinajstić information content (AvgIpc) is 2.38. The molecule has 21 heavy (non-hydrogen) atoms. The Labute approximate surface area is 125 Å². The van der Waals surface area contributed by atoms with Crippen LogP contribution in [0.15, 0.2) is 18.2 Å². The third-order valence-corrected chi connectivity index (χ3v) is 3.65. The number of alkyl halides is 3. The molecular formula is C17H26F3N. The molecule has 0 saturated carbocycles. The smallest absolute Gasteiger partial charge is 0.310 e. The number of nitrogens with one attached hydrogen (secondary N) is 1. The molecular weight excluding hydrogens is 275 g/mol. The lowest BCUT2D eigenvalue weighted by atomic mass is 9.93. The Balaban J connectivity index is 2.95. The third kappa shape index (κ3) is 5.70. The molecule has 0 bridgehead atoms. The Hall–Kier alpha value is -1.03. The van der Waals surface area contributed by atoms with E-state index in [0.29, 0.717) is 11.5 Å². The van der Waals surface area contributed by atoms with E-state index in [1.54, 1.807) is 13.0 Å². The van der Waals surface area contributed by atoms with Gasteiger partial charge in [-0.25, -0.2) is 0 Å². The largest absolute Gasteiger partial charge is 0.416 e. The van der Waals surface area contributed by atoms with E-state index < -0.39 is 11.7 Å². The van der Waals surface area contributed by atoms with E-state index in [2.05, 4.69) is 26.1 Å². The monoisotopic (exact) mass is 301 g/mol. The summed E-state index contributed by atoms with van der Waals surface area (Å²) >= 11 is 0. The van der Waals surface area contributed by atoms with Gasteiger partial charge in [-0.1, -0.05) is 26.8 Å². The fraction of sp³-hybridized carbons (Fsp3) is 0.647. The first-order valence-corrected chi connectivity index (χ1v) is 7.66. The van der Waals surface area contributed by atoms with Gasteiger partial charge in [-0.2, -0.15) is 13.2 Å². The van der Waals surface area contributed by atoms with Crippen LogP contribution in [-0.4, -0.2) is 6.54 Å². The molecule has 4 heteroatoms. The minimum atomic E-state index is -4.27. The molecule has 0 aliphatic heterocycles. The van der Waals surface area contributed by atoms with Gasteiger partial charge in [0.05, 0.1) is 5.56 Å². The number of benzene rings is 1. The zero-order valence-electron chi connectivity index (χ0n) is 13.3. The predicted octanol–water partition coefficient (Wildman–Crippen LogP) is 5.49. The van der Waals surface area contributed by atoms with Crippen LogP contribution in [0.5, 0.6) is 0 Å². The highest BCUT2D eigenvalue weighted by atomic mass is 19.4. The highest BCUT2D eigenvalue weighted by Crippen LogP contribution is 2.32. The average molecular weight is 301 g/mol. The van der Waals surface area contributed by atoms with Crippen LogP contribution in [0.2, 0.25) is 0 Å². The van der Waals surface area contributed by atoms with Crippen molar-refractivity contribution >= 4 is 0 Å². The zero-order valence-corrected chi connectivity index (χ0v) is 13.3. The van der Waals surface area contributed by atoms with Crippen molar-refractivity contribution in [2.45, 2.75) is 59.2 Å². The third-order valence-electron chi connectivity index (χ3n) is 3.65. The van der Waals surface area contributed by atoms with E-state index >= 15 is 0 Å². The van der Waals surface area contributed by atoms with Crippen LogP contribution in [0.1, 0.15) is 62.8 Å². The molecule has 0 heterocycles. The van der Waals surface area contributed by atoms with E-state index in [9.17, 15) is 13.2 Å². The number of rotatable bonds is 7. The molecule has 0 saturated heterocycles. The van der Waals surface area contributed by atoms with Crippen molar-refractivity contribution in [3.8, 4) is 0 Å². The zero-order chi connectivity index (χ0) is 16.0. The van der Waals surface area contributed by atoms with Crippen molar-refractivity contribution in [3.05, 3.63) is 34.9 Å². The summed E-state index contributed by atoms with van der Waals surface area (Å²) in [5.41, 5.74) is 1.13. The maximum absolute atomic E-state index is 12.7. The molecule has 1 nitrogen and oxygen atoms in total. The topological polar surface area (TPSA) is 12.0 Å². The van der Waals surface area contributed by atoms with Crippen molar-refractivity contribution in [3.63, 3.8) is 0 Å². The number of halogens is 3. The van der Waals surface area contributed by atoms with Gasteiger partial charge in [0.25, 0.3) is 0 Å². The van der Waals surface area contributed by atoms with Gasteiger partial charge >= 0.3 is 6.18 Å². The molecule has 120 valence electrons. The first kappa shape index (κ1) is 18.0. The molecule has 1 aromatic carbocycles. The molecule has 1 atom stereocenters. The van der Waals surface area contributed by atoms with E-state index in [-0.39, 0.29) is 6.04 Å². The van der Waals surface area contributed by atoms with Gasteiger partial charge in [0, 0.05) is 6.04 Å². The van der Waals surface area contributed by atoms with Crippen LogP contribution in [0, 0.1) is 12.8 Å². The summed E-state index contributed by atoms with van der Waals surface area (Å²) in [4.78, 5) is 0. The standard InChI is InChI=1S/C17H26F3N/c1-5-10-21-16(9-6-12(2)3)15-8-7-14(11-13(15)4)17(18,19)20/h7-8,11-12,16,21H,5-6,9-10H2,1-4H3. The molecule has 0 spiro atoms. The van der Waals surface area contributed by atoms with Crippen LogP contribution in [0.25, 0.3) is 0 Å². The van der Waals surface area contributed by atoms with Crippen molar-refractivity contribution in [1.29, 1.82) is 0 Å². The second kappa shape index (κ2) is 7.83. The van der Waals surface area contributed by atoms with Gasteiger partial charge in [-0.3, -0.25) is 0 Å². The Kier molecular flexibility index (Phi) is 6.72. The Bertz CT molecular complexity index is 438. The summed E-state index contributed by atoms with van der Waals surface area (Å²) < 4.78 is 38.2. The molecule has 1 aromatic rings. The fourth-order valence-electron chi connectivity index (χ4n) is 2.43. The van der Waals surface area contributed by atoms with Gasteiger partial charge < -0.3 is 5.32 Å². The lowest BCUT2D eigenvalue weighted by molar-refractivity contribution is -0.137. The van der Waals surface area contributed by atoms with Crippen molar-refractivity contribution in [1.82, 2.24) is 5.32 Å². The summed E-state index contributed by atoms with van der Waals surface area (Å²) in [6.07, 6.45) is -1.25. The lowest BCUT2D eigenvalue weighted by Crippen LogP contribution is -2.23. The minimum absolute atomic E-state index is 0.134. The second-order valence-corrected chi connectivity index (χ2v) is 6.05. The first-order chi connectivity index (χ1) is 9.75. The van der Waals surface area contributed by atoms with Crippen LogP contribution < -0.4 is 5.32 Å². The summed E-state index contributed by atoms with van der Waals surface area (Å²) in [5, 5.41) is 3.46. The molecule has 1 rings (SSSR count). The van der Waals surface area contributed by atoms with E-state index in [0.717, 1.165) is 31.4 Å². The van der Waals surface area contributed by atoms with Crippen LogP contribution in [-0.2, 0) is 6.18 Å². The number of aryl methyl sites for hydroxylation is 1. The van der Waals surface area contributed by atoms with Crippen molar-refractivity contribution in [2.75, 3.05) is 6.54 Å². The van der Waals surface area contributed by atoms with Crippen LogP contribution in [0.4, 0.5) is 13.2 Å². The Morgan fingerprint density at radius 3 is 2.29 bits per heavy atom.